The number of likely N-dealkylation sites (tertiary alicyclic amines) is 1. The molecule has 0 unspecified atom stereocenters. The van der Waals surface area contributed by atoms with E-state index in [2.05, 4.69) is 33.5 Å². The normalized spacial score (nSPS) is 14.9. The number of piperidine rings is 1. The molecule has 3 N–H and O–H groups in total. The lowest BCUT2D eigenvalue weighted by atomic mass is 10.0. The van der Waals surface area contributed by atoms with Crippen LogP contribution in [0.1, 0.15) is 31.0 Å². The summed E-state index contributed by atoms with van der Waals surface area (Å²) >= 11 is 0. The van der Waals surface area contributed by atoms with E-state index in [0.717, 1.165) is 56.2 Å². The van der Waals surface area contributed by atoms with E-state index in [9.17, 15) is 0 Å². The number of guanidine groups is 1. The second-order valence-electron chi connectivity index (χ2n) is 7.77. The summed E-state index contributed by atoms with van der Waals surface area (Å²) in [7, 11) is 1.61. The standard InChI is InChI=1S/C24H35N5O3.HI/c1-3-25-24(27-17-19-7-8-22(32-15-14-30)23(16-19)31-2)28-20-9-12-29(13-10-20)18-21-6-4-5-11-26-21;/h4-8,11,16,20,30H,3,9-10,12-15,17-18H2,1-2H3,(H2,25,27,28);1H. The number of pyridine rings is 1. The monoisotopic (exact) mass is 569 g/mol. The Balaban J connectivity index is 0.00000385. The number of aromatic nitrogens is 1. The Labute approximate surface area is 213 Å². The number of nitrogens with zero attached hydrogens (tertiary/aromatic N) is 3. The number of nitrogens with one attached hydrogen (secondary N) is 2. The van der Waals surface area contributed by atoms with E-state index < -0.39 is 0 Å². The molecule has 0 aliphatic carbocycles. The Bertz CT molecular complexity index is 845. The number of halogens is 1. The van der Waals surface area contributed by atoms with E-state index in [0.29, 0.717) is 24.1 Å². The molecule has 1 aromatic carbocycles. The van der Waals surface area contributed by atoms with Crippen molar-refractivity contribution >= 4 is 29.9 Å². The average Bonchev–Trinajstić information content (AvgIpc) is 2.83. The van der Waals surface area contributed by atoms with Crippen LogP contribution in [0.4, 0.5) is 0 Å². The molecule has 33 heavy (non-hydrogen) atoms. The minimum Gasteiger partial charge on any atom is -0.493 e. The molecule has 0 amide bonds. The highest BCUT2D eigenvalue weighted by Crippen LogP contribution is 2.28. The quantitative estimate of drug-likeness (QED) is 0.230. The van der Waals surface area contributed by atoms with Crippen LogP contribution in [-0.4, -0.2) is 66.9 Å². The van der Waals surface area contributed by atoms with E-state index in [1.54, 1.807) is 7.11 Å². The summed E-state index contributed by atoms with van der Waals surface area (Å²) in [4.78, 5) is 11.7. The van der Waals surface area contributed by atoms with E-state index in [-0.39, 0.29) is 37.2 Å². The van der Waals surface area contributed by atoms with Gasteiger partial charge in [0.25, 0.3) is 0 Å². The molecule has 9 heteroatoms. The molecule has 1 fully saturated rings. The van der Waals surface area contributed by atoms with Gasteiger partial charge in [-0.05, 0) is 49.6 Å². The van der Waals surface area contributed by atoms with E-state index >= 15 is 0 Å². The molecule has 1 aliphatic heterocycles. The molecule has 1 aromatic heterocycles. The number of hydrogen-bond donors (Lipinski definition) is 3. The fourth-order valence-electron chi connectivity index (χ4n) is 3.73. The lowest BCUT2D eigenvalue weighted by molar-refractivity contribution is 0.196. The van der Waals surface area contributed by atoms with Crippen LogP contribution in [0.15, 0.2) is 47.6 Å². The molecule has 0 saturated carbocycles. The predicted molar refractivity (Wildman–Crippen MR) is 141 cm³/mol. The molecule has 2 aromatic rings. The largest absolute Gasteiger partial charge is 0.493 e. The van der Waals surface area contributed by atoms with Crippen molar-refractivity contribution in [2.45, 2.75) is 38.9 Å². The zero-order valence-electron chi connectivity index (χ0n) is 19.5. The number of aliphatic hydroxyl groups is 1. The zero-order valence-corrected chi connectivity index (χ0v) is 21.8. The number of hydrogen-bond acceptors (Lipinski definition) is 6. The SMILES string of the molecule is CCNC(=NCc1ccc(OCCO)c(OC)c1)NC1CCN(Cc2ccccn2)CC1.I. The van der Waals surface area contributed by atoms with Gasteiger partial charge < -0.3 is 25.2 Å². The maximum absolute atomic E-state index is 8.95. The first-order valence-electron chi connectivity index (χ1n) is 11.3. The van der Waals surface area contributed by atoms with Crippen LogP contribution in [0.2, 0.25) is 0 Å². The van der Waals surface area contributed by atoms with Crippen LogP contribution in [0.5, 0.6) is 11.5 Å². The Kier molecular flexibility index (Phi) is 12.3. The average molecular weight is 569 g/mol. The molecular weight excluding hydrogens is 533 g/mol. The molecule has 182 valence electrons. The van der Waals surface area contributed by atoms with E-state index in [1.165, 1.54) is 0 Å². The highest BCUT2D eigenvalue weighted by molar-refractivity contribution is 14.0. The van der Waals surface area contributed by atoms with Gasteiger partial charge in [-0.1, -0.05) is 12.1 Å². The highest BCUT2D eigenvalue weighted by atomic mass is 127. The predicted octanol–water partition coefficient (Wildman–Crippen LogP) is 2.80. The Morgan fingerprint density at radius 1 is 1.21 bits per heavy atom. The minimum absolute atomic E-state index is 0. The summed E-state index contributed by atoms with van der Waals surface area (Å²) in [6, 6.07) is 12.2. The van der Waals surface area contributed by atoms with Crippen molar-refractivity contribution < 1.29 is 14.6 Å². The Hall–Kier alpha value is -2.11. The van der Waals surface area contributed by atoms with Gasteiger partial charge in [-0.2, -0.15) is 0 Å². The van der Waals surface area contributed by atoms with E-state index in [1.807, 2.05) is 36.5 Å². The van der Waals surface area contributed by atoms with Gasteiger partial charge in [0.05, 0.1) is 26.0 Å². The molecule has 1 saturated heterocycles. The summed E-state index contributed by atoms with van der Waals surface area (Å²) in [5.74, 6) is 2.09. The first kappa shape index (κ1) is 27.1. The highest BCUT2D eigenvalue weighted by Gasteiger charge is 2.20. The third kappa shape index (κ3) is 8.98. The smallest absolute Gasteiger partial charge is 0.191 e. The first-order chi connectivity index (χ1) is 15.7. The van der Waals surface area contributed by atoms with Gasteiger partial charge in [-0.15, -0.1) is 24.0 Å². The third-order valence-electron chi connectivity index (χ3n) is 5.38. The molecule has 1 aliphatic rings. The molecule has 0 radical (unpaired) electrons. The number of methoxy groups -OCH3 is 1. The number of aliphatic hydroxyl groups excluding tert-OH is 1. The molecule has 0 bridgehead atoms. The molecule has 2 heterocycles. The maximum atomic E-state index is 8.95. The topological polar surface area (TPSA) is 91.2 Å². The van der Waals surface area contributed by atoms with Crippen molar-refractivity contribution in [1.29, 1.82) is 0 Å². The number of aliphatic imine (C=N–C) groups is 1. The maximum Gasteiger partial charge on any atom is 0.191 e. The number of rotatable bonds is 10. The second-order valence-corrected chi connectivity index (χ2v) is 7.77. The van der Waals surface area contributed by atoms with Crippen molar-refractivity contribution in [3.63, 3.8) is 0 Å². The Morgan fingerprint density at radius 3 is 2.70 bits per heavy atom. The second kappa shape index (κ2) is 14.9. The van der Waals surface area contributed by atoms with Crippen LogP contribution in [0.25, 0.3) is 0 Å². The van der Waals surface area contributed by atoms with Crippen LogP contribution in [0, 0.1) is 0 Å². The van der Waals surface area contributed by atoms with Crippen molar-refractivity contribution in [3.05, 3.63) is 53.9 Å². The summed E-state index contributed by atoms with van der Waals surface area (Å²) in [5, 5.41) is 15.9. The van der Waals surface area contributed by atoms with Gasteiger partial charge in [-0.3, -0.25) is 9.88 Å². The zero-order chi connectivity index (χ0) is 22.6. The molecule has 8 nitrogen and oxygen atoms in total. The lowest BCUT2D eigenvalue weighted by Crippen LogP contribution is -2.48. The van der Waals surface area contributed by atoms with Crippen molar-refractivity contribution in [1.82, 2.24) is 20.5 Å². The fraction of sp³-hybridized carbons (Fsp3) is 0.500. The van der Waals surface area contributed by atoms with Gasteiger partial charge >= 0.3 is 0 Å². The van der Waals surface area contributed by atoms with Gasteiger partial charge in [0.1, 0.15) is 6.61 Å². The van der Waals surface area contributed by atoms with Crippen LogP contribution >= 0.6 is 24.0 Å². The van der Waals surface area contributed by atoms with Gasteiger partial charge in [-0.25, -0.2) is 4.99 Å². The summed E-state index contributed by atoms with van der Waals surface area (Å²) < 4.78 is 10.9. The lowest BCUT2D eigenvalue weighted by Gasteiger charge is -2.32. The summed E-state index contributed by atoms with van der Waals surface area (Å²) in [6.45, 7) is 6.61. The van der Waals surface area contributed by atoms with Gasteiger partial charge in [0, 0.05) is 38.4 Å². The molecular formula is C24H36IN5O3. The van der Waals surface area contributed by atoms with Crippen molar-refractivity contribution in [2.75, 3.05) is 40.0 Å². The summed E-state index contributed by atoms with van der Waals surface area (Å²) in [5.41, 5.74) is 2.15. The van der Waals surface area contributed by atoms with E-state index in [4.69, 9.17) is 19.6 Å². The molecule has 0 atom stereocenters. The van der Waals surface area contributed by atoms with Crippen LogP contribution < -0.4 is 20.1 Å². The molecule has 0 spiro atoms. The summed E-state index contributed by atoms with van der Waals surface area (Å²) in [6.07, 6.45) is 4.00. The minimum atomic E-state index is -0.0328. The van der Waals surface area contributed by atoms with Crippen LogP contribution in [-0.2, 0) is 13.1 Å². The van der Waals surface area contributed by atoms with Gasteiger partial charge in [0.15, 0.2) is 17.5 Å². The number of ether oxygens (including phenoxy) is 2. The number of benzene rings is 1. The first-order valence-corrected chi connectivity index (χ1v) is 11.3. The third-order valence-corrected chi connectivity index (χ3v) is 5.38. The fourth-order valence-corrected chi connectivity index (χ4v) is 3.73. The van der Waals surface area contributed by atoms with Crippen molar-refractivity contribution in [3.8, 4) is 11.5 Å². The van der Waals surface area contributed by atoms with Gasteiger partial charge in [0.2, 0.25) is 0 Å². The Morgan fingerprint density at radius 2 is 2.03 bits per heavy atom. The molecule has 3 rings (SSSR count). The van der Waals surface area contributed by atoms with Crippen molar-refractivity contribution in [2.24, 2.45) is 4.99 Å². The van der Waals surface area contributed by atoms with Crippen LogP contribution in [0.3, 0.4) is 0 Å².